The first kappa shape index (κ1) is 26.6. The molecule has 1 heterocycles. The molecular weight excluding hydrogens is 583 g/mol. The van der Waals surface area contributed by atoms with Crippen LogP contribution in [0.5, 0.6) is 0 Å². The molecule has 3 aromatic rings. The van der Waals surface area contributed by atoms with Crippen molar-refractivity contribution in [2.24, 2.45) is 4.99 Å². The SMILES string of the molecule is Clc1cc(Cl)c(-n2n[n+](-c3c(Cl)cc(Cl)cc3Cl)c(=NC3CCCCC3)n2C2CCCCC2)c(Cl)c1. The minimum atomic E-state index is 0.155. The zero-order valence-corrected chi connectivity index (χ0v) is 24.1. The Balaban J connectivity index is 1.85. The quantitative estimate of drug-likeness (QED) is 0.273. The van der Waals surface area contributed by atoms with Gasteiger partial charge in [-0.3, -0.25) is 0 Å². The topological polar surface area (TPSA) is 39.0 Å². The molecule has 192 valence electrons. The van der Waals surface area contributed by atoms with E-state index in [0.29, 0.717) is 47.1 Å². The number of rotatable bonds is 4. The summed E-state index contributed by atoms with van der Waals surface area (Å²) in [6.45, 7) is 0. The van der Waals surface area contributed by atoms with E-state index in [9.17, 15) is 0 Å². The van der Waals surface area contributed by atoms with E-state index >= 15 is 0 Å². The summed E-state index contributed by atoms with van der Waals surface area (Å²) in [7, 11) is 0. The van der Waals surface area contributed by atoms with Crippen LogP contribution < -0.4 is 10.3 Å². The van der Waals surface area contributed by atoms with Gasteiger partial charge in [0.25, 0.3) is 0 Å². The van der Waals surface area contributed by atoms with Crippen LogP contribution in [-0.4, -0.2) is 20.7 Å². The molecule has 5 rings (SSSR count). The summed E-state index contributed by atoms with van der Waals surface area (Å²) in [5, 5.41) is 7.42. The zero-order chi connectivity index (χ0) is 25.4. The van der Waals surface area contributed by atoms with Crippen LogP contribution in [0.15, 0.2) is 29.3 Å². The predicted octanol–water partition coefficient (Wildman–Crippen LogP) is 8.61. The van der Waals surface area contributed by atoms with Crippen molar-refractivity contribution in [1.29, 1.82) is 0 Å². The van der Waals surface area contributed by atoms with Crippen LogP contribution in [0.3, 0.4) is 0 Å². The summed E-state index contributed by atoms with van der Waals surface area (Å²) >= 11 is 39.3. The molecule has 2 aliphatic rings. The van der Waals surface area contributed by atoms with Crippen LogP contribution >= 0.6 is 69.6 Å². The van der Waals surface area contributed by atoms with Gasteiger partial charge in [0, 0.05) is 15.3 Å². The fraction of sp³-hybridized carbons (Fsp3) is 0.480. The highest BCUT2D eigenvalue weighted by atomic mass is 35.5. The van der Waals surface area contributed by atoms with Gasteiger partial charge in [0.15, 0.2) is 11.4 Å². The van der Waals surface area contributed by atoms with E-state index in [1.165, 1.54) is 12.8 Å². The first-order valence-corrected chi connectivity index (χ1v) is 14.6. The standard InChI is InChI=1S/C25H26Cl6N5/c26-15-11-19(28)23(20(29)12-15)34-25(32-17-7-3-1-4-8-17)35(18-9-5-2-6-10-18)36(33-34)24-21(30)13-16(27)14-22(24)31/h11-14,17-18H,1-10H2/q+1. The van der Waals surface area contributed by atoms with Crippen molar-refractivity contribution < 1.29 is 4.68 Å². The van der Waals surface area contributed by atoms with Gasteiger partial charge in [0.2, 0.25) is 0 Å². The molecule has 11 heteroatoms. The van der Waals surface area contributed by atoms with Crippen molar-refractivity contribution in [1.82, 2.24) is 14.7 Å². The third kappa shape index (κ3) is 5.43. The second kappa shape index (κ2) is 11.4. The second-order valence-electron chi connectivity index (χ2n) is 9.48. The molecule has 2 fully saturated rings. The average Bonchev–Trinajstić information content (AvgIpc) is 3.17. The molecular formula is C25H26Cl6N5+. The maximum absolute atomic E-state index is 6.71. The lowest BCUT2D eigenvalue weighted by Gasteiger charge is -2.21. The van der Waals surface area contributed by atoms with E-state index in [1.54, 1.807) is 33.7 Å². The maximum Gasteiger partial charge on any atom is 0.400 e. The Morgan fingerprint density at radius 1 is 0.694 bits per heavy atom. The van der Waals surface area contributed by atoms with Gasteiger partial charge in [-0.1, -0.05) is 113 Å². The van der Waals surface area contributed by atoms with E-state index in [2.05, 4.69) is 4.68 Å². The Morgan fingerprint density at radius 3 is 1.75 bits per heavy atom. The molecule has 5 nitrogen and oxygen atoms in total. The van der Waals surface area contributed by atoms with Crippen LogP contribution in [-0.2, 0) is 0 Å². The first-order chi connectivity index (χ1) is 17.3. The van der Waals surface area contributed by atoms with Crippen LogP contribution in [0.1, 0.15) is 70.3 Å². The van der Waals surface area contributed by atoms with Gasteiger partial charge in [-0.15, -0.1) is 9.67 Å². The smallest absolute Gasteiger partial charge is 0.140 e. The van der Waals surface area contributed by atoms with Crippen molar-refractivity contribution >= 4 is 69.6 Å². The van der Waals surface area contributed by atoms with E-state index in [4.69, 9.17) is 79.8 Å². The molecule has 0 bridgehead atoms. The van der Waals surface area contributed by atoms with Gasteiger partial charge in [-0.25, -0.2) is 0 Å². The predicted molar refractivity (Wildman–Crippen MR) is 148 cm³/mol. The summed E-state index contributed by atoms with van der Waals surface area (Å²) in [5.74, 6) is 0. The molecule has 2 aliphatic carbocycles. The lowest BCUT2D eigenvalue weighted by atomic mass is 9.95. The van der Waals surface area contributed by atoms with Gasteiger partial charge >= 0.3 is 5.62 Å². The number of benzene rings is 2. The van der Waals surface area contributed by atoms with E-state index in [-0.39, 0.29) is 12.1 Å². The Morgan fingerprint density at radius 2 is 1.19 bits per heavy atom. The fourth-order valence-electron chi connectivity index (χ4n) is 5.24. The summed E-state index contributed by atoms with van der Waals surface area (Å²) in [6, 6.07) is 6.99. The normalized spacial score (nSPS) is 18.2. The van der Waals surface area contributed by atoms with E-state index in [1.807, 2.05) is 0 Å². The molecule has 2 aromatic carbocycles. The minimum Gasteiger partial charge on any atom is -0.140 e. The molecule has 0 aliphatic heterocycles. The van der Waals surface area contributed by atoms with Gasteiger partial charge in [-0.2, -0.15) is 0 Å². The van der Waals surface area contributed by atoms with Crippen LogP contribution in [0.4, 0.5) is 0 Å². The van der Waals surface area contributed by atoms with Crippen LogP contribution in [0, 0.1) is 0 Å². The molecule has 1 aromatic heterocycles. The largest absolute Gasteiger partial charge is 0.400 e. The lowest BCUT2D eigenvalue weighted by molar-refractivity contribution is -0.678. The van der Waals surface area contributed by atoms with Crippen molar-refractivity contribution in [2.45, 2.75) is 76.3 Å². The molecule has 36 heavy (non-hydrogen) atoms. The molecule has 0 unspecified atom stereocenters. The number of nitrogens with zero attached hydrogens (tertiary/aromatic N) is 5. The van der Waals surface area contributed by atoms with Crippen molar-refractivity contribution in [2.75, 3.05) is 0 Å². The maximum atomic E-state index is 6.71. The second-order valence-corrected chi connectivity index (χ2v) is 12.0. The monoisotopic (exact) mass is 606 g/mol. The number of aromatic nitrogens is 4. The zero-order valence-electron chi connectivity index (χ0n) is 19.5. The van der Waals surface area contributed by atoms with Gasteiger partial charge < -0.3 is 0 Å². The lowest BCUT2D eigenvalue weighted by Crippen LogP contribution is -2.52. The summed E-state index contributed by atoms with van der Waals surface area (Å²) < 4.78 is 3.83. The molecule has 0 spiro atoms. The van der Waals surface area contributed by atoms with E-state index in [0.717, 1.165) is 51.4 Å². The van der Waals surface area contributed by atoms with E-state index < -0.39 is 0 Å². The Bertz CT molecular complexity index is 1290. The average molecular weight is 609 g/mol. The molecule has 0 radical (unpaired) electrons. The number of hydrogen-bond acceptors (Lipinski definition) is 2. The van der Waals surface area contributed by atoms with Gasteiger partial charge in [-0.05, 0) is 54.7 Å². The molecule has 0 saturated heterocycles. The Kier molecular flexibility index (Phi) is 8.46. The molecule has 2 saturated carbocycles. The Labute approximate surface area is 240 Å². The Hall–Kier alpha value is -0.950. The molecule has 0 atom stereocenters. The van der Waals surface area contributed by atoms with Crippen molar-refractivity contribution in [3.05, 3.63) is 60.0 Å². The highest BCUT2D eigenvalue weighted by molar-refractivity contribution is 6.41. The highest BCUT2D eigenvalue weighted by Crippen LogP contribution is 2.34. The van der Waals surface area contributed by atoms with Crippen molar-refractivity contribution in [3.8, 4) is 11.4 Å². The third-order valence-electron chi connectivity index (χ3n) is 6.94. The van der Waals surface area contributed by atoms with Gasteiger partial charge in [0.1, 0.15) is 6.04 Å². The third-order valence-corrected chi connectivity index (χ3v) is 8.53. The van der Waals surface area contributed by atoms with Crippen LogP contribution in [0.2, 0.25) is 30.1 Å². The number of halogens is 6. The fourth-order valence-corrected chi connectivity index (χ4v) is 7.19. The minimum absolute atomic E-state index is 0.155. The first-order valence-electron chi connectivity index (χ1n) is 12.3. The van der Waals surface area contributed by atoms with Gasteiger partial charge in [0.05, 0.1) is 26.1 Å². The number of hydrogen-bond donors (Lipinski definition) is 0. The highest BCUT2D eigenvalue weighted by Gasteiger charge is 2.34. The van der Waals surface area contributed by atoms with Crippen molar-refractivity contribution in [3.63, 3.8) is 0 Å². The molecule has 0 N–H and O–H groups in total. The van der Waals surface area contributed by atoms with Crippen LogP contribution in [0.25, 0.3) is 11.4 Å². The molecule has 0 amide bonds. The summed E-state index contributed by atoms with van der Waals surface area (Å²) in [5.41, 5.74) is 1.72. The summed E-state index contributed by atoms with van der Waals surface area (Å²) in [4.78, 5) is 7.03. The summed E-state index contributed by atoms with van der Waals surface area (Å²) in [6.07, 6.45) is 11.0. The number of tetrazole rings is 1.